The fourth-order valence-corrected chi connectivity index (χ4v) is 4.87. The van der Waals surface area contributed by atoms with Crippen LogP contribution in [0.3, 0.4) is 0 Å². The Morgan fingerprint density at radius 3 is 2.36 bits per heavy atom. The van der Waals surface area contributed by atoms with Crippen LogP contribution in [0.4, 0.5) is 14.9 Å². The van der Waals surface area contributed by atoms with Gasteiger partial charge in [-0.05, 0) is 73.7 Å². The molecular formula is C24H27FN5O5P. The van der Waals surface area contributed by atoms with Gasteiger partial charge in [-0.3, -0.25) is 9.69 Å². The summed E-state index contributed by atoms with van der Waals surface area (Å²) in [6, 6.07) is 12.0. The Kier molecular flexibility index (Phi) is 7.79. The van der Waals surface area contributed by atoms with Crippen LogP contribution in [0.1, 0.15) is 25.7 Å². The molecule has 0 spiro atoms. The molecule has 3 aromatic rings. The van der Waals surface area contributed by atoms with Crippen LogP contribution < -0.4 is 15.3 Å². The van der Waals surface area contributed by atoms with Gasteiger partial charge in [0.2, 0.25) is 0 Å². The first kappa shape index (κ1) is 25.5. The number of para-hydroxylation sites is 2. The number of hydrogen-bond acceptors (Lipinski definition) is 7. The lowest BCUT2D eigenvalue weighted by molar-refractivity contribution is -0.139. The van der Waals surface area contributed by atoms with Crippen molar-refractivity contribution in [1.82, 2.24) is 19.8 Å². The Labute approximate surface area is 208 Å². The van der Waals surface area contributed by atoms with Crippen molar-refractivity contribution in [3.05, 3.63) is 64.8 Å². The minimum Gasteiger partial charge on any atom is -0.494 e. The molecule has 2 aromatic carbocycles. The monoisotopic (exact) mass is 515 g/mol. The van der Waals surface area contributed by atoms with E-state index in [9.17, 15) is 18.8 Å². The lowest BCUT2D eigenvalue weighted by Gasteiger charge is -2.35. The highest BCUT2D eigenvalue weighted by Crippen LogP contribution is 2.35. The van der Waals surface area contributed by atoms with Crippen molar-refractivity contribution in [2.75, 3.05) is 25.3 Å². The van der Waals surface area contributed by atoms with Crippen LogP contribution in [-0.4, -0.2) is 58.3 Å². The van der Waals surface area contributed by atoms with Crippen LogP contribution in [0.15, 0.2) is 53.3 Å². The highest BCUT2D eigenvalue weighted by Gasteiger charge is 2.35. The third kappa shape index (κ3) is 5.16. The van der Waals surface area contributed by atoms with E-state index >= 15 is 0 Å². The largest absolute Gasteiger partial charge is 0.494 e. The van der Waals surface area contributed by atoms with Gasteiger partial charge >= 0.3 is 17.7 Å². The number of rotatable bonds is 6. The third-order valence-corrected chi connectivity index (χ3v) is 6.60. The van der Waals surface area contributed by atoms with E-state index in [-0.39, 0.29) is 29.4 Å². The zero-order valence-corrected chi connectivity index (χ0v) is 21.1. The highest BCUT2D eigenvalue weighted by molar-refractivity contribution is 7.51. The van der Waals surface area contributed by atoms with Gasteiger partial charge in [-0.25, -0.2) is 14.0 Å². The van der Waals surface area contributed by atoms with E-state index in [1.165, 1.54) is 24.1 Å². The third-order valence-electron chi connectivity index (χ3n) is 6.05. The summed E-state index contributed by atoms with van der Waals surface area (Å²) in [5.41, 5.74) is -0.592. The summed E-state index contributed by atoms with van der Waals surface area (Å²) in [5.74, 6) is -1.11. The Balaban J connectivity index is 1.64. The SMILES string of the molecule is COc1cccc(F)c1-n1nnn(C(=O)N(c2ccccc2)[C@H]2CC[C@@H](C(=O)OP(C)C)CC2)c1=O. The number of carbonyl (C=O) groups excluding carboxylic acids is 2. The van der Waals surface area contributed by atoms with Crippen molar-refractivity contribution in [1.29, 1.82) is 0 Å². The normalized spacial score (nSPS) is 17.6. The van der Waals surface area contributed by atoms with E-state index in [1.807, 2.05) is 19.4 Å². The van der Waals surface area contributed by atoms with Crippen LogP contribution in [0.2, 0.25) is 0 Å². The molecule has 0 bridgehead atoms. The number of amides is 1. The van der Waals surface area contributed by atoms with Crippen LogP contribution in [-0.2, 0) is 9.32 Å². The van der Waals surface area contributed by atoms with Gasteiger partial charge in [0.25, 0.3) is 0 Å². The first-order chi connectivity index (χ1) is 17.3. The lowest BCUT2D eigenvalue weighted by Crippen LogP contribution is -2.48. The average molecular weight is 515 g/mol. The molecule has 0 unspecified atom stereocenters. The van der Waals surface area contributed by atoms with Crippen molar-refractivity contribution < 1.29 is 23.2 Å². The standard InChI is InChI=1S/C24H27FN5O5P/c1-34-20-11-7-10-19(25)21(20)29-24(33)30(27-26-29)23(32)28(17-8-5-4-6-9-17)18-14-12-16(13-15-18)22(31)35-36(2)3/h4-11,16,18H,12-15H2,1-3H3/t16-,18+. The van der Waals surface area contributed by atoms with E-state index in [0.717, 1.165) is 6.07 Å². The average Bonchev–Trinajstić information content (AvgIpc) is 3.25. The molecule has 190 valence electrons. The van der Waals surface area contributed by atoms with Crippen LogP contribution in [0, 0.1) is 11.7 Å². The lowest BCUT2D eigenvalue weighted by atomic mass is 9.85. The number of halogens is 1. The molecule has 0 aliphatic heterocycles. The summed E-state index contributed by atoms with van der Waals surface area (Å²) < 4.78 is 26.5. The Morgan fingerprint density at radius 2 is 1.72 bits per heavy atom. The summed E-state index contributed by atoms with van der Waals surface area (Å²) in [7, 11) is 0.541. The Morgan fingerprint density at radius 1 is 1.03 bits per heavy atom. The quantitative estimate of drug-likeness (QED) is 0.363. The van der Waals surface area contributed by atoms with Gasteiger partial charge in [-0.2, -0.15) is 4.68 Å². The predicted octanol–water partition coefficient (Wildman–Crippen LogP) is 3.81. The number of nitrogens with zero attached hydrogens (tertiary/aromatic N) is 5. The van der Waals surface area contributed by atoms with Crippen LogP contribution >= 0.6 is 8.15 Å². The first-order valence-electron chi connectivity index (χ1n) is 11.5. The molecule has 1 heterocycles. The minimum absolute atomic E-state index is 0.0737. The fraction of sp³-hybridized carbons (Fsp3) is 0.375. The second kappa shape index (κ2) is 11.0. The number of tetrazole rings is 1. The van der Waals surface area contributed by atoms with Gasteiger partial charge in [0.05, 0.1) is 21.2 Å². The smallest absolute Gasteiger partial charge is 0.377 e. The van der Waals surface area contributed by atoms with Gasteiger partial charge in [0, 0.05) is 11.7 Å². The second-order valence-corrected chi connectivity index (χ2v) is 10.4. The molecule has 0 N–H and O–H groups in total. The van der Waals surface area contributed by atoms with Crippen molar-refractivity contribution in [3.63, 3.8) is 0 Å². The molecule has 4 rings (SSSR count). The number of aromatic nitrogens is 4. The number of ether oxygens (including phenoxy) is 1. The molecule has 0 radical (unpaired) electrons. The molecule has 12 heteroatoms. The summed E-state index contributed by atoms with van der Waals surface area (Å²) in [5, 5.41) is 7.51. The molecule has 1 amide bonds. The van der Waals surface area contributed by atoms with E-state index in [1.54, 1.807) is 24.3 Å². The minimum atomic E-state index is -0.930. The number of methoxy groups -OCH3 is 1. The van der Waals surface area contributed by atoms with Gasteiger partial charge in [-0.15, -0.1) is 4.68 Å². The van der Waals surface area contributed by atoms with E-state index in [4.69, 9.17) is 9.26 Å². The first-order valence-corrected chi connectivity index (χ1v) is 13.6. The van der Waals surface area contributed by atoms with Gasteiger partial charge in [0.1, 0.15) is 11.4 Å². The fourth-order valence-electron chi connectivity index (χ4n) is 4.36. The van der Waals surface area contributed by atoms with E-state index in [0.29, 0.717) is 40.7 Å². The van der Waals surface area contributed by atoms with Gasteiger partial charge < -0.3 is 9.26 Å². The number of anilines is 1. The van der Waals surface area contributed by atoms with Crippen molar-refractivity contribution in [3.8, 4) is 11.4 Å². The zero-order chi connectivity index (χ0) is 25.8. The number of hydrogen-bond donors (Lipinski definition) is 0. The zero-order valence-electron chi connectivity index (χ0n) is 20.2. The molecular weight excluding hydrogens is 488 g/mol. The van der Waals surface area contributed by atoms with Gasteiger partial charge in [-0.1, -0.05) is 24.3 Å². The van der Waals surface area contributed by atoms with Crippen LogP contribution in [0.5, 0.6) is 5.75 Å². The molecule has 1 aromatic heterocycles. The second-order valence-electron chi connectivity index (χ2n) is 8.59. The maximum Gasteiger partial charge on any atom is 0.377 e. The highest BCUT2D eigenvalue weighted by atomic mass is 31.1. The Bertz CT molecular complexity index is 1290. The number of benzene rings is 2. The van der Waals surface area contributed by atoms with E-state index < -0.39 is 25.7 Å². The molecule has 1 fully saturated rings. The molecule has 1 saturated carbocycles. The summed E-state index contributed by atoms with van der Waals surface area (Å²) in [6.45, 7) is 3.74. The predicted molar refractivity (Wildman–Crippen MR) is 132 cm³/mol. The molecule has 1 aliphatic rings. The van der Waals surface area contributed by atoms with Crippen molar-refractivity contribution in [2.24, 2.45) is 5.92 Å². The number of carbonyl (C=O) groups is 2. The van der Waals surface area contributed by atoms with E-state index in [2.05, 4.69) is 10.4 Å². The molecule has 10 nitrogen and oxygen atoms in total. The maximum absolute atomic E-state index is 14.6. The maximum atomic E-state index is 14.6. The van der Waals surface area contributed by atoms with Gasteiger partial charge in [0.15, 0.2) is 5.82 Å². The summed E-state index contributed by atoms with van der Waals surface area (Å²) in [4.78, 5) is 40.7. The van der Waals surface area contributed by atoms with Crippen molar-refractivity contribution >= 4 is 25.8 Å². The molecule has 1 aliphatic carbocycles. The molecule has 0 atom stereocenters. The summed E-state index contributed by atoms with van der Waals surface area (Å²) in [6.07, 6.45) is 2.18. The van der Waals surface area contributed by atoms with Crippen LogP contribution in [0.25, 0.3) is 5.69 Å². The molecule has 0 saturated heterocycles. The summed E-state index contributed by atoms with van der Waals surface area (Å²) >= 11 is 0. The topological polar surface area (TPSA) is 109 Å². The Hall–Kier alpha value is -3.59. The molecule has 36 heavy (non-hydrogen) atoms. The van der Waals surface area contributed by atoms with Crippen molar-refractivity contribution in [2.45, 2.75) is 31.7 Å².